The van der Waals surface area contributed by atoms with Gasteiger partial charge in [0.25, 0.3) is 5.56 Å². The summed E-state index contributed by atoms with van der Waals surface area (Å²) in [6.07, 6.45) is 5.79. The minimum Gasteiger partial charge on any atom is -0.353 e. The Bertz CT molecular complexity index is 818. The first-order valence-corrected chi connectivity index (χ1v) is 9.98. The predicted molar refractivity (Wildman–Crippen MR) is 101 cm³/mol. The molecule has 0 unspecified atom stereocenters. The zero-order chi connectivity index (χ0) is 18.0. The second-order valence-corrected chi connectivity index (χ2v) is 8.01. The molecule has 0 atom stereocenters. The minimum atomic E-state index is -0.0803. The Labute approximate surface area is 151 Å². The van der Waals surface area contributed by atoms with Crippen LogP contribution < -0.4 is 10.9 Å². The van der Waals surface area contributed by atoms with Gasteiger partial charge in [0.15, 0.2) is 5.16 Å². The van der Waals surface area contributed by atoms with E-state index in [2.05, 4.69) is 15.3 Å². The van der Waals surface area contributed by atoms with Gasteiger partial charge in [0.1, 0.15) is 5.52 Å². The van der Waals surface area contributed by atoms with Crippen LogP contribution in [0.25, 0.3) is 11.0 Å². The third kappa shape index (κ3) is 4.08. The lowest BCUT2D eigenvalue weighted by atomic mass is 9.95. The largest absolute Gasteiger partial charge is 0.353 e. The van der Waals surface area contributed by atoms with Gasteiger partial charge in [-0.15, -0.1) is 0 Å². The van der Waals surface area contributed by atoms with Crippen LogP contribution in [0.2, 0.25) is 0 Å². The molecule has 7 heteroatoms. The highest BCUT2D eigenvalue weighted by atomic mass is 32.2. The lowest BCUT2D eigenvalue weighted by molar-refractivity contribution is -0.119. The van der Waals surface area contributed by atoms with Gasteiger partial charge in [-0.1, -0.05) is 31.0 Å². The van der Waals surface area contributed by atoms with E-state index in [1.165, 1.54) is 31.0 Å². The number of hydrogen-bond donors (Lipinski definition) is 2. The Morgan fingerprint density at radius 2 is 2.12 bits per heavy atom. The van der Waals surface area contributed by atoms with Crippen molar-refractivity contribution < 1.29 is 4.79 Å². The average molecular weight is 362 g/mol. The Hall–Kier alpha value is -1.76. The molecule has 2 aromatic heterocycles. The molecule has 2 N–H and O–H groups in total. The normalized spacial score (nSPS) is 15.8. The van der Waals surface area contributed by atoms with Crippen molar-refractivity contribution in [2.75, 3.05) is 5.75 Å². The Balaban J connectivity index is 1.76. The molecule has 1 amide bonds. The van der Waals surface area contributed by atoms with E-state index in [9.17, 15) is 9.59 Å². The maximum absolute atomic E-state index is 12.7. The summed E-state index contributed by atoms with van der Waals surface area (Å²) in [6, 6.07) is 2.15. The molecule has 136 valence electrons. The van der Waals surface area contributed by atoms with E-state index < -0.39 is 0 Å². The van der Waals surface area contributed by atoms with Crippen LogP contribution >= 0.6 is 11.8 Å². The molecule has 2 heterocycles. The SMILES string of the molecule is Cc1cc2nc(SCC(=O)NC3CCCCC3)n(C(C)C)c(=O)c2[nH]1. The average Bonchev–Trinajstić information content (AvgIpc) is 2.94. The first kappa shape index (κ1) is 18.0. The van der Waals surface area contributed by atoms with E-state index in [1.54, 1.807) is 4.57 Å². The maximum atomic E-state index is 12.7. The van der Waals surface area contributed by atoms with Crippen LogP contribution in [-0.4, -0.2) is 32.2 Å². The topological polar surface area (TPSA) is 79.8 Å². The monoisotopic (exact) mass is 362 g/mol. The summed E-state index contributed by atoms with van der Waals surface area (Å²) in [7, 11) is 0. The van der Waals surface area contributed by atoms with Crippen LogP contribution in [0.3, 0.4) is 0 Å². The van der Waals surface area contributed by atoms with E-state index in [4.69, 9.17) is 0 Å². The molecule has 0 aromatic carbocycles. The molecule has 1 fully saturated rings. The minimum absolute atomic E-state index is 0.0167. The number of aromatic amines is 1. The zero-order valence-corrected chi connectivity index (χ0v) is 15.9. The molecule has 3 rings (SSSR count). The van der Waals surface area contributed by atoms with Gasteiger partial charge in [-0.05, 0) is 39.7 Å². The number of carbonyl (C=O) groups is 1. The third-order valence-electron chi connectivity index (χ3n) is 4.61. The summed E-state index contributed by atoms with van der Waals surface area (Å²) in [5.74, 6) is 0.302. The van der Waals surface area contributed by atoms with Gasteiger partial charge < -0.3 is 10.3 Å². The zero-order valence-electron chi connectivity index (χ0n) is 15.1. The fourth-order valence-corrected chi connectivity index (χ4v) is 4.33. The summed E-state index contributed by atoms with van der Waals surface area (Å²) >= 11 is 1.34. The van der Waals surface area contributed by atoms with E-state index in [1.807, 2.05) is 26.8 Å². The Morgan fingerprint density at radius 3 is 2.80 bits per heavy atom. The smallest absolute Gasteiger partial charge is 0.278 e. The van der Waals surface area contributed by atoms with E-state index in [0.29, 0.717) is 22.2 Å². The lowest BCUT2D eigenvalue weighted by Gasteiger charge is -2.22. The van der Waals surface area contributed by atoms with Crippen molar-refractivity contribution in [1.29, 1.82) is 0 Å². The highest BCUT2D eigenvalue weighted by Crippen LogP contribution is 2.22. The van der Waals surface area contributed by atoms with Crippen molar-refractivity contribution >= 4 is 28.7 Å². The summed E-state index contributed by atoms with van der Waals surface area (Å²) in [5, 5.41) is 3.71. The van der Waals surface area contributed by atoms with Crippen LogP contribution in [0.15, 0.2) is 16.0 Å². The first-order chi connectivity index (χ1) is 12.0. The van der Waals surface area contributed by atoms with Crippen molar-refractivity contribution in [3.8, 4) is 0 Å². The Kier molecular flexibility index (Phi) is 5.51. The predicted octanol–water partition coefficient (Wildman–Crippen LogP) is 3.15. The molecule has 0 aliphatic heterocycles. The van der Waals surface area contributed by atoms with E-state index in [0.717, 1.165) is 18.5 Å². The molecule has 0 bridgehead atoms. The van der Waals surface area contributed by atoms with Gasteiger partial charge in [-0.2, -0.15) is 0 Å². The van der Waals surface area contributed by atoms with Crippen molar-refractivity contribution in [1.82, 2.24) is 19.9 Å². The highest BCUT2D eigenvalue weighted by Gasteiger charge is 2.19. The molecular weight excluding hydrogens is 336 g/mol. The maximum Gasteiger partial charge on any atom is 0.278 e. The van der Waals surface area contributed by atoms with Gasteiger partial charge >= 0.3 is 0 Å². The molecular formula is C18H26N4O2S. The fourth-order valence-electron chi connectivity index (χ4n) is 3.39. The molecule has 0 radical (unpaired) electrons. The van der Waals surface area contributed by atoms with Crippen molar-refractivity contribution in [3.05, 3.63) is 22.1 Å². The van der Waals surface area contributed by atoms with Gasteiger partial charge in [-0.25, -0.2) is 4.98 Å². The summed E-state index contributed by atoms with van der Waals surface area (Å²) in [6.45, 7) is 5.82. The molecule has 1 aliphatic rings. The van der Waals surface area contributed by atoms with Crippen LogP contribution in [-0.2, 0) is 4.79 Å². The van der Waals surface area contributed by atoms with Gasteiger partial charge in [-0.3, -0.25) is 14.2 Å². The number of aryl methyl sites for hydroxylation is 1. The fraction of sp³-hybridized carbons (Fsp3) is 0.611. The summed E-state index contributed by atoms with van der Waals surface area (Å²) < 4.78 is 1.66. The molecule has 0 spiro atoms. The van der Waals surface area contributed by atoms with Gasteiger partial charge in [0.05, 0.1) is 11.3 Å². The number of nitrogens with zero attached hydrogens (tertiary/aromatic N) is 2. The number of rotatable bonds is 5. The molecule has 25 heavy (non-hydrogen) atoms. The standard InChI is InChI=1S/C18H26N4O2S/c1-11(2)22-17(24)16-14(9-12(3)19-16)21-18(22)25-10-15(23)20-13-7-5-4-6-8-13/h9,11,13,19H,4-8,10H2,1-3H3,(H,20,23). The molecule has 0 saturated heterocycles. The number of H-pyrrole nitrogens is 1. The number of aromatic nitrogens is 3. The van der Waals surface area contributed by atoms with Crippen molar-refractivity contribution in [2.45, 2.75) is 70.1 Å². The number of fused-ring (bicyclic) bond motifs is 1. The second kappa shape index (κ2) is 7.64. The molecule has 6 nitrogen and oxygen atoms in total. The number of carbonyl (C=O) groups excluding carboxylic acids is 1. The third-order valence-corrected chi connectivity index (χ3v) is 5.56. The molecule has 2 aromatic rings. The number of nitrogens with one attached hydrogen (secondary N) is 2. The van der Waals surface area contributed by atoms with Gasteiger partial charge in [0.2, 0.25) is 5.91 Å². The van der Waals surface area contributed by atoms with Crippen molar-refractivity contribution in [3.63, 3.8) is 0 Å². The number of thioether (sulfide) groups is 1. The Morgan fingerprint density at radius 1 is 1.40 bits per heavy atom. The van der Waals surface area contributed by atoms with E-state index in [-0.39, 0.29) is 23.3 Å². The molecule has 1 aliphatic carbocycles. The van der Waals surface area contributed by atoms with Crippen LogP contribution in [0.4, 0.5) is 0 Å². The number of amides is 1. The van der Waals surface area contributed by atoms with E-state index >= 15 is 0 Å². The van der Waals surface area contributed by atoms with Crippen LogP contribution in [0.1, 0.15) is 57.7 Å². The van der Waals surface area contributed by atoms with Crippen LogP contribution in [0.5, 0.6) is 0 Å². The second-order valence-electron chi connectivity index (χ2n) is 7.07. The van der Waals surface area contributed by atoms with Gasteiger partial charge in [0, 0.05) is 17.8 Å². The van der Waals surface area contributed by atoms with Crippen molar-refractivity contribution in [2.24, 2.45) is 0 Å². The lowest BCUT2D eigenvalue weighted by Crippen LogP contribution is -2.37. The quantitative estimate of drug-likeness (QED) is 0.632. The summed E-state index contributed by atoms with van der Waals surface area (Å²) in [5.41, 5.74) is 2.02. The highest BCUT2D eigenvalue weighted by molar-refractivity contribution is 7.99. The summed E-state index contributed by atoms with van der Waals surface area (Å²) in [4.78, 5) is 32.7. The first-order valence-electron chi connectivity index (χ1n) is 8.99. The molecule has 1 saturated carbocycles. The van der Waals surface area contributed by atoms with Crippen LogP contribution in [0, 0.1) is 6.92 Å². The number of hydrogen-bond acceptors (Lipinski definition) is 4.